The van der Waals surface area contributed by atoms with Crippen LogP contribution in [-0.2, 0) is 0 Å². The van der Waals surface area contributed by atoms with Crippen LogP contribution in [-0.4, -0.2) is 29.3 Å². The van der Waals surface area contributed by atoms with E-state index in [9.17, 15) is 4.79 Å². The van der Waals surface area contributed by atoms with Crippen molar-refractivity contribution in [3.63, 3.8) is 0 Å². The number of nitrogens with zero attached hydrogens (tertiary/aromatic N) is 2. The molecule has 0 atom stereocenters. The monoisotopic (exact) mass is 439 g/mol. The highest BCUT2D eigenvalue weighted by Gasteiger charge is 2.23. The topological polar surface area (TPSA) is 99.6 Å². The van der Waals surface area contributed by atoms with Gasteiger partial charge in [0, 0.05) is 17.7 Å². The minimum absolute atomic E-state index is 0.270. The molecule has 4 heterocycles. The van der Waals surface area contributed by atoms with Crippen LogP contribution in [0, 0.1) is 20.8 Å². The first kappa shape index (κ1) is 19.4. The van der Waals surface area contributed by atoms with Gasteiger partial charge < -0.3 is 23.7 Å². The van der Waals surface area contributed by atoms with Crippen LogP contribution in [0.3, 0.4) is 0 Å². The Morgan fingerprint density at radius 1 is 1.06 bits per heavy atom. The second-order valence-corrected chi connectivity index (χ2v) is 7.67. The van der Waals surface area contributed by atoms with Crippen molar-refractivity contribution in [3.05, 3.63) is 52.1 Å². The van der Waals surface area contributed by atoms with E-state index in [4.69, 9.17) is 30.0 Å². The standard InChI is InChI=1S/C22H18ClN3O5/c1-10-6-13(12(3)30-10)16-7-14(20-11(2)26-31-22(20)25-16)21(27)24-17-9-19-18(8-15(17)23)28-4-5-29-19/h6-9H,4-5H2,1-3H3,(H,24,27). The van der Waals surface area contributed by atoms with Crippen LogP contribution in [0.4, 0.5) is 5.69 Å². The first-order valence-electron chi connectivity index (χ1n) is 9.65. The molecule has 1 N–H and O–H groups in total. The first-order chi connectivity index (χ1) is 14.9. The quantitative estimate of drug-likeness (QED) is 0.474. The van der Waals surface area contributed by atoms with Crippen molar-refractivity contribution < 1.29 is 23.2 Å². The number of nitrogens with one attached hydrogen (secondary N) is 1. The van der Waals surface area contributed by atoms with Crippen LogP contribution in [0.15, 0.2) is 33.2 Å². The number of pyridine rings is 1. The van der Waals surface area contributed by atoms with E-state index in [1.807, 2.05) is 19.9 Å². The molecule has 31 heavy (non-hydrogen) atoms. The predicted octanol–water partition coefficient (Wildman–Crippen LogP) is 5.08. The lowest BCUT2D eigenvalue weighted by molar-refractivity contribution is 0.102. The van der Waals surface area contributed by atoms with Crippen LogP contribution in [0.1, 0.15) is 27.6 Å². The number of fused-ring (bicyclic) bond motifs is 2. The summed E-state index contributed by atoms with van der Waals surface area (Å²) < 4.78 is 22.1. The molecule has 1 aliphatic rings. The van der Waals surface area contributed by atoms with Crippen LogP contribution in [0.25, 0.3) is 22.4 Å². The SMILES string of the molecule is Cc1cc(-c2cc(C(=O)Nc3cc4c(cc3Cl)OCCO4)c3c(C)noc3n2)c(C)o1. The normalized spacial score (nSPS) is 12.9. The zero-order valence-corrected chi connectivity index (χ0v) is 17.8. The molecule has 8 nitrogen and oxygen atoms in total. The van der Waals surface area contributed by atoms with E-state index in [1.54, 1.807) is 25.1 Å². The number of hydrogen-bond acceptors (Lipinski definition) is 7. The number of benzene rings is 1. The largest absolute Gasteiger partial charge is 0.486 e. The van der Waals surface area contributed by atoms with Crippen LogP contribution >= 0.6 is 11.6 Å². The fourth-order valence-corrected chi connectivity index (χ4v) is 3.85. The predicted molar refractivity (Wildman–Crippen MR) is 114 cm³/mol. The van der Waals surface area contributed by atoms with Gasteiger partial charge in [-0.05, 0) is 32.9 Å². The minimum Gasteiger partial charge on any atom is -0.486 e. The summed E-state index contributed by atoms with van der Waals surface area (Å²) in [6, 6.07) is 6.84. The lowest BCUT2D eigenvalue weighted by Crippen LogP contribution is -2.17. The zero-order chi connectivity index (χ0) is 21.7. The second-order valence-electron chi connectivity index (χ2n) is 7.26. The molecule has 0 saturated carbocycles. The van der Waals surface area contributed by atoms with Crippen molar-refractivity contribution in [2.75, 3.05) is 18.5 Å². The Morgan fingerprint density at radius 3 is 2.52 bits per heavy atom. The van der Waals surface area contributed by atoms with Gasteiger partial charge in [0.2, 0.25) is 0 Å². The maximum atomic E-state index is 13.3. The summed E-state index contributed by atoms with van der Waals surface area (Å²) >= 11 is 6.37. The van der Waals surface area contributed by atoms with E-state index >= 15 is 0 Å². The molecule has 4 aromatic rings. The van der Waals surface area contributed by atoms with Crippen LogP contribution in [0.2, 0.25) is 5.02 Å². The van der Waals surface area contributed by atoms with Gasteiger partial charge in [0.1, 0.15) is 24.7 Å². The number of amides is 1. The number of hydrogen-bond donors (Lipinski definition) is 1. The smallest absolute Gasteiger partial charge is 0.259 e. The third kappa shape index (κ3) is 3.38. The van der Waals surface area contributed by atoms with Gasteiger partial charge in [-0.3, -0.25) is 4.79 Å². The number of carbonyl (C=O) groups is 1. The van der Waals surface area contributed by atoms with Crippen molar-refractivity contribution >= 4 is 34.3 Å². The van der Waals surface area contributed by atoms with Gasteiger partial charge in [-0.25, -0.2) is 4.98 Å². The molecule has 0 fully saturated rings. The van der Waals surface area contributed by atoms with Gasteiger partial charge in [0.15, 0.2) is 11.5 Å². The first-order valence-corrected chi connectivity index (χ1v) is 10.0. The summed E-state index contributed by atoms with van der Waals surface area (Å²) in [5.41, 5.74) is 2.94. The molecular weight excluding hydrogens is 422 g/mol. The maximum Gasteiger partial charge on any atom is 0.259 e. The summed E-state index contributed by atoms with van der Waals surface area (Å²) in [4.78, 5) is 17.8. The van der Waals surface area contributed by atoms with Crippen LogP contribution < -0.4 is 14.8 Å². The fourth-order valence-electron chi connectivity index (χ4n) is 3.65. The van der Waals surface area contributed by atoms with Gasteiger partial charge in [-0.1, -0.05) is 16.8 Å². The van der Waals surface area contributed by atoms with E-state index < -0.39 is 0 Å². The maximum absolute atomic E-state index is 13.3. The highest BCUT2D eigenvalue weighted by atomic mass is 35.5. The molecular formula is C22H18ClN3O5. The molecule has 3 aromatic heterocycles. The molecule has 0 radical (unpaired) electrons. The number of carbonyl (C=O) groups excluding carboxylic acids is 1. The Bertz CT molecular complexity index is 1340. The highest BCUT2D eigenvalue weighted by molar-refractivity contribution is 6.34. The van der Waals surface area contributed by atoms with E-state index in [-0.39, 0.29) is 11.6 Å². The number of aromatic nitrogens is 2. The Labute approximate surface area is 182 Å². The average Bonchev–Trinajstić information content (AvgIpc) is 3.29. The van der Waals surface area contributed by atoms with E-state index in [0.29, 0.717) is 63.5 Å². The average molecular weight is 440 g/mol. The molecule has 158 valence electrons. The minimum atomic E-state index is -0.378. The van der Waals surface area contributed by atoms with Gasteiger partial charge in [-0.2, -0.15) is 0 Å². The molecule has 5 rings (SSSR count). The Kier molecular flexibility index (Phi) is 4.59. The Balaban J connectivity index is 1.58. The van der Waals surface area contributed by atoms with E-state index in [0.717, 1.165) is 11.3 Å². The second kappa shape index (κ2) is 7.31. The Hall–Kier alpha value is -3.52. The summed E-state index contributed by atoms with van der Waals surface area (Å²) in [5.74, 6) is 2.14. The van der Waals surface area contributed by atoms with Gasteiger partial charge >= 0.3 is 0 Å². The van der Waals surface area contributed by atoms with Gasteiger partial charge in [0.05, 0.1) is 33.0 Å². The van der Waals surface area contributed by atoms with Crippen molar-refractivity contribution in [2.24, 2.45) is 0 Å². The van der Waals surface area contributed by atoms with Crippen molar-refractivity contribution in [3.8, 4) is 22.8 Å². The summed E-state index contributed by atoms with van der Waals surface area (Å²) in [7, 11) is 0. The molecule has 9 heteroatoms. The number of aryl methyl sites for hydroxylation is 3. The molecule has 0 aliphatic carbocycles. The summed E-state index contributed by atoms with van der Waals surface area (Å²) in [5, 5.41) is 7.71. The van der Waals surface area contributed by atoms with Crippen LogP contribution in [0.5, 0.6) is 11.5 Å². The number of halogens is 1. The molecule has 1 aromatic carbocycles. The molecule has 0 unspecified atom stereocenters. The van der Waals surface area contributed by atoms with Crippen molar-refractivity contribution in [1.29, 1.82) is 0 Å². The van der Waals surface area contributed by atoms with Gasteiger partial charge in [0.25, 0.3) is 11.6 Å². The lowest BCUT2D eigenvalue weighted by Gasteiger charge is -2.20. The van der Waals surface area contributed by atoms with Crippen molar-refractivity contribution in [2.45, 2.75) is 20.8 Å². The van der Waals surface area contributed by atoms with E-state index in [1.165, 1.54) is 0 Å². The molecule has 0 bridgehead atoms. The fraction of sp³-hybridized carbons (Fsp3) is 0.227. The third-order valence-electron chi connectivity index (χ3n) is 5.06. The van der Waals surface area contributed by atoms with Crippen molar-refractivity contribution in [1.82, 2.24) is 10.1 Å². The highest BCUT2D eigenvalue weighted by Crippen LogP contribution is 2.38. The molecule has 1 amide bonds. The molecule has 0 saturated heterocycles. The summed E-state index contributed by atoms with van der Waals surface area (Å²) in [6.07, 6.45) is 0. The van der Waals surface area contributed by atoms with E-state index in [2.05, 4.69) is 15.5 Å². The number of ether oxygens (including phenoxy) is 2. The number of rotatable bonds is 3. The molecule has 1 aliphatic heterocycles. The summed E-state index contributed by atoms with van der Waals surface area (Å²) in [6.45, 7) is 6.33. The number of anilines is 1. The van der Waals surface area contributed by atoms with Gasteiger partial charge in [-0.15, -0.1) is 0 Å². The third-order valence-corrected chi connectivity index (χ3v) is 5.37. The molecule has 0 spiro atoms. The zero-order valence-electron chi connectivity index (χ0n) is 17.0. The lowest BCUT2D eigenvalue weighted by atomic mass is 10.1. The Morgan fingerprint density at radius 2 is 1.81 bits per heavy atom. The number of furan rings is 1.